The number of urea groups is 1. The van der Waals surface area contributed by atoms with Gasteiger partial charge in [-0.25, -0.2) is 4.79 Å². The highest BCUT2D eigenvalue weighted by molar-refractivity contribution is 6.06. The lowest BCUT2D eigenvalue weighted by molar-refractivity contribution is -0.132. The Hall–Kier alpha value is -2.70. The van der Waals surface area contributed by atoms with Gasteiger partial charge >= 0.3 is 6.03 Å². The number of carbonyl (C=O) groups is 2. The van der Waals surface area contributed by atoms with Crippen LogP contribution in [0.1, 0.15) is 37.5 Å². The largest absolute Gasteiger partial charge is 0.325 e. The van der Waals surface area contributed by atoms with Crippen molar-refractivity contribution in [2.45, 2.75) is 51.2 Å². The molecule has 1 saturated heterocycles. The number of imide groups is 1. The summed E-state index contributed by atoms with van der Waals surface area (Å²) in [5.74, 6) is 1.63. The summed E-state index contributed by atoms with van der Waals surface area (Å²) in [7, 11) is 0. The summed E-state index contributed by atoms with van der Waals surface area (Å²) in [6.45, 7) is 4.03. The van der Waals surface area contributed by atoms with E-state index < -0.39 is 5.54 Å². The number of hydrogen-bond acceptors (Lipinski definition) is 4. The highest BCUT2D eigenvalue weighted by Gasteiger charge is 2.48. The molecule has 1 fully saturated rings. The standard InChI is InChI=1S/C18H21N5O2/c1-18(2)16(24)23(17(25)19-18)13-8-9-14-20-21-15(22(14)11-13)10-12-6-4-3-5-7-12/h3-7,13H,8-11H2,1-2H3,(H,19,25). The summed E-state index contributed by atoms with van der Waals surface area (Å²) >= 11 is 0. The topological polar surface area (TPSA) is 80.1 Å². The number of amides is 3. The van der Waals surface area contributed by atoms with Gasteiger partial charge in [-0.3, -0.25) is 9.69 Å². The normalized spacial score (nSPS) is 22.0. The predicted molar refractivity (Wildman–Crippen MR) is 90.8 cm³/mol. The summed E-state index contributed by atoms with van der Waals surface area (Å²) in [6, 6.07) is 9.64. The van der Waals surface area contributed by atoms with Crippen LogP contribution in [0.2, 0.25) is 0 Å². The van der Waals surface area contributed by atoms with E-state index in [0.29, 0.717) is 19.4 Å². The quantitative estimate of drug-likeness (QED) is 0.860. The van der Waals surface area contributed by atoms with Gasteiger partial charge in [0.05, 0.1) is 6.04 Å². The molecule has 130 valence electrons. The average molecular weight is 339 g/mol. The van der Waals surface area contributed by atoms with Crippen LogP contribution in [0.25, 0.3) is 0 Å². The van der Waals surface area contributed by atoms with Gasteiger partial charge in [0.2, 0.25) is 0 Å². The zero-order chi connectivity index (χ0) is 17.6. The van der Waals surface area contributed by atoms with Crippen LogP contribution in [0.3, 0.4) is 0 Å². The minimum Gasteiger partial charge on any atom is -0.324 e. The first-order valence-electron chi connectivity index (χ1n) is 8.56. The van der Waals surface area contributed by atoms with Crippen LogP contribution in [0.5, 0.6) is 0 Å². The van der Waals surface area contributed by atoms with E-state index in [1.807, 2.05) is 18.2 Å². The molecule has 2 aromatic rings. The predicted octanol–water partition coefficient (Wildman–Crippen LogP) is 1.51. The van der Waals surface area contributed by atoms with Gasteiger partial charge < -0.3 is 9.88 Å². The molecule has 1 aromatic heterocycles. The van der Waals surface area contributed by atoms with E-state index in [2.05, 4.69) is 32.2 Å². The minimum absolute atomic E-state index is 0.160. The highest BCUT2D eigenvalue weighted by atomic mass is 16.2. The number of nitrogens with zero attached hydrogens (tertiary/aromatic N) is 4. The van der Waals surface area contributed by atoms with Crippen LogP contribution in [-0.4, -0.2) is 43.2 Å². The van der Waals surface area contributed by atoms with Crippen LogP contribution in [0, 0.1) is 0 Å². The third kappa shape index (κ3) is 2.69. The van der Waals surface area contributed by atoms with Gasteiger partial charge in [-0.05, 0) is 25.8 Å². The highest BCUT2D eigenvalue weighted by Crippen LogP contribution is 2.26. The summed E-state index contributed by atoms with van der Waals surface area (Å²) in [6.07, 6.45) is 2.12. The number of fused-ring (bicyclic) bond motifs is 1. The van der Waals surface area contributed by atoms with Crippen molar-refractivity contribution < 1.29 is 9.59 Å². The van der Waals surface area contributed by atoms with Gasteiger partial charge in [0, 0.05) is 19.4 Å². The maximum absolute atomic E-state index is 12.6. The SMILES string of the molecule is CC1(C)NC(=O)N(C2CCc3nnc(Cc4ccccc4)n3C2)C1=O. The number of rotatable bonds is 3. The lowest BCUT2D eigenvalue weighted by Gasteiger charge is -2.30. The number of aryl methyl sites for hydroxylation is 1. The number of nitrogens with one attached hydrogen (secondary N) is 1. The molecule has 1 atom stereocenters. The van der Waals surface area contributed by atoms with Crippen molar-refractivity contribution in [2.24, 2.45) is 0 Å². The lowest BCUT2D eigenvalue weighted by Crippen LogP contribution is -2.47. The Labute approximate surface area is 146 Å². The van der Waals surface area contributed by atoms with Crippen LogP contribution >= 0.6 is 0 Å². The Morgan fingerprint density at radius 2 is 1.96 bits per heavy atom. The summed E-state index contributed by atoms with van der Waals surface area (Å²) < 4.78 is 2.06. The Kier molecular flexibility index (Phi) is 3.59. The molecule has 1 aromatic carbocycles. The Bertz CT molecular complexity index is 827. The Balaban J connectivity index is 1.58. The Morgan fingerprint density at radius 1 is 1.20 bits per heavy atom. The first-order valence-corrected chi connectivity index (χ1v) is 8.56. The molecule has 4 rings (SSSR count). The number of benzene rings is 1. The van der Waals surface area contributed by atoms with Gasteiger partial charge in [-0.1, -0.05) is 30.3 Å². The van der Waals surface area contributed by atoms with E-state index in [0.717, 1.165) is 23.6 Å². The number of carbonyl (C=O) groups excluding carboxylic acids is 2. The molecular formula is C18H21N5O2. The van der Waals surface area contributed by atoms with Crippen LogP contribution in [-0.2, 0) is 24.2 Å². The second-order valence-corrected chi connectivity index (χ2v) is 7.23. The van der Waals surface area contributed by atoms with Gasteiger partial charge in [-0.2, -0.15) is 0 Å². The second kappa shape index (κ2) is 5.68. The fourth-order valence-electron chi connectivity index (χ4n) is 3.59. The van der Waals surface area contributed by atoms with Crippen molar-refractivity contribution in [2.75, 3.05) is 0 Å². The summed E-state index contributed by atoms with van der Waals surface area (Å²) in [4.78, 5) is 26.2. The van der Waals surface area contributed by atoms with Crippen LogP contribution < -0.4 is 5.32 Å². The molecule has 0 aliphatic carbocycles. The average Bonchev–Trinajstić information content (AvgIpc) is 3.06. The van der Waals surface area contributed by atoms with Crippen molar-refractivity contribution in [1.82, 2.24) is 25.0 Å². The van der Waals surface area contributed by atoms with E-state index in [4.69, 9.17) is 0 Å². The zero-order valence-corrected chi connectivity index (χ0v) is 14.4. The molecule has 7 heteroatoms. The molecular weight excluding hydrogens is 318 g/mol. The van der Waals surface area contributed by atoms with Crippen LogP contribution in [0.15, 0.2) is 30.3 Å². The smallest absolute Gasteiger partial charge is 0.324 e. The molecule has 1 unspecified atom stereocenters. The Morgan fingerprint density at radius 3 is 2.64 bits per heavy atom. The first-order chi connectivity index (χ1) is 12.0. The minimum atomic E-state index is -0.836. The van der Waals surface area contributed by atoms with Crippen molar-refractivity contribution in [3.05, 3.63) is 47.5 Å². The summed E-state index contributed by atoms with van der Waals surface area (Å²) in [5, 5.41) is 11.4. The molecule has 2 aliphatic rings. The third-order valence-electron chi connectivity index (χ3n) is 4.96. The lowest BCUT2D eigenvalue weighted by atomic mass is 10.0. The van der Waals surface area contributed by atoms with Gasteiger partial charge in [0.15, 0.2) is 0 Å². The van der Waals surface area contributed by atoms with Gasteiger partial charge in [0.1, 0.15) is 17.2 Å². The van der Waals surface area contributed by atoms with E-state index >= 15 is 0 Å². The van der Waals surface area contributed by atoms with Crippen molar-refractivity contribution in [3.63, 3.8) is 0 Å². The van der Waals surface area contributed by atoms with E-state index in [1.165, 1.54) is 4.90 Å². The number of hydrogen-bond donors (Lipinski definition) is 1. The van der Waals surface area contributed by atoms with E-state index in [1.54, 1.807) is 13.8 Å². The van der Waals surface area contributed by atoms with Crippen molar-refractivity contribution >= 4 is 11.9 Å². The third-order valence-corrected chi connectivity index (χ3v) is 4.96. The molecule has 2 aliphatic heterocycles. The molecule has 3 heterocycles. The molecule has 0 radical (unpaired) electrons. The summed E-state index contributed by atoms with van der Waals surface area (Å²) in [5.41, 5.74) is 0.327. The van der Waals surface area contributed by atoms with E-state index in [9.17, 15) is 9.59 Å². The molecule has 0 spiro atoms. The van der Waals surface area contributed by atoms with Crippen molar-refractivity contribution in [3.8, 4) is 0 Å². The molecule has 1 N–H and O–H groups in total. The van der Waals surface area contributed by atoms with E-state index in [-0.39, 0.29) is 18.0 Å². The second-order valence-electron chi connectivity index (χ2n) is 7.23. The fraction of sp³-hybridized carbons (Fsp3) is 0.444. The molecule has 0 saturated carbocycles. The molecule has 25 heavy (non-hydrogen) atoms. The maximum atomic E-state index is 12.6. The molecule has 7 nitrogen and oxygen atoms in total. The molecule has 0 bridgehead atoms. The van der Waals surface area contributed by atoms with Gasteiger partial charge in [-0.15, -0.1) is 10.2 Å². The van der Waals surface area contributed by atoms with Gasteiger partial charge in [0.25, 0.3) is 5.91 Å². The first kappa shape index (κ1) is 15.8. The number of aromatic nitrogens is 3. The maximum Gasteiger partial charge on any atom is 0.325 e. The van der Waals surface area contributed by atoms with Crippen molar-refractivity contribution in [1.29, 1.82) is 0 Å². The molecule has 3 amide bonds. The van der Waals surface area contributed by atoms with Crippen LogP contribution in [0.4, 0.5) is 4.79 Å². The fourth-order valence-corrected chi connectivity index (χ4v) is 3.59. The zero-order valence-electron chi connectivity index (χ0n) is 14.4. The monoisotopic (exact) mass is 339 g/mol.